The number of aromatic nitrogens is 2. The van der Waals surface area contributed by atoms with E-state index in [-0.39, 0.29) is 6.04 Å². The van der Waals surface area contributed by atoms with Crippen LogP contribution in [0.1, 0.15) is 42.8 Å². The van der Waals surface area contributed by atoms with Crippen molar-refractivity contribution in [2.75, 3.05) is 0 Å². The van der Waals surface area contributed by atoms with Gasteiger partial charge in [0.2, 0.25) is 0 Å². The van der Waals surface area contributed by atoms with Gasteiger partial charge in [-0.05, 0) is 44.0 Å². The normalized spacial score (nSPS) is 13.0. The van der Waals surface area contributed by atoms with E-state index >= 15 is 0 Å². The first-order valence-corrected chi connectivity index (χ1v) is 6.83. The predicted octanol–water partition coefficient (Wildman–Crippen LogP) is 4.16. The Labute approximate surface area is 122 Å². The van der Waals surface area contributed by atoms with Gasteiger partial charge in [-0.1, -0.05) is 29.3 Å². The summed E-state index contributed by atoms with van der Waals surface area (Å²) in [6.07, 6.45) is 0.715. The summed E-state index contributed by atoms with van der Waals surface area (Å²) in [7, 11) is 0. The van der Waals surface area contributed by atoms with Crippen LogP contribution in [0.4, 0.5) is 0 Å². The SMILES string of the molecule is Cc1cc(Cl)cc(C(O)c2c(Cl)cnn2C(C)C)c1. The van der Waals surface area contributed by atoms with Gasteiger partial charge in [-0.25, -0.2) is 0 Å². The maximum absolute atomic E-state index is 10.5. The number of hydrogen-bond acceptors (Lipinski definition) is 2. The van der Waals surface area contributed by atoms with Crippen molar-refractivity contribution in [2.24, 2.45) is 0 Å². The molecule has 1 heterocycles. The molecule has 1 aromatic carbocycles. The zero-order chi connectivity index (χ0) is 14.2. The van der Waals surface area contributed by atoms with Crippen molar-refractivity contribution in [1.82, 2.24) is 9.78 Å². The summed E-state index contributed by atoms with van der Waals surface area (Å²) in [5.41, 5.74) is 2.31. The number of nitrogens with zero attached hydrogens (tertiary/aromatic N) is 2. The lowest BCUT2D eigenvalue weighted by Crippen LogP contribution is -2.12. The van der Waals surface area contributed by atoms with Crippen molar-refractivity contribution in [3.05, 3.63) is 51.3 Å². The van der Waals surface area contributed by atoms with E-state index < -0.39 is 6.10 Å². The molecule has 1 aromatic heterocycles. The molecule has 1 N–H and O–H groups in total. The molecule has 2 rings (SSSR count). The Morgan fingerprint density at radius 2 is 1.89 bits per heavy atom. The molecule has 0 fully saturated rings. The molecule has 19 heavy (non-hydrogen) atoms. The van der Waals surface area contributed by atoms with Gasteiger partial charge >= 0.3 is 0 Å². The van der Waals surface area contributed by atoms with Crippen LogP contribution in [0.15, 0.2) is 24.4 Å². The Bertz CT molecular complexity index is 573. The Balaban J connectivity index is 2.49. The van der Waals surface area contributed by atoms with Crippen LogP contribution in [0.3, 0.4) is 0 Å². The molecule has 0 spiro atoms. The van der Waals surface area contributed by atoms with Gasteiger partial charge in [0.05, 0.1) is 16.9 Å². The van der Waals surface area contributed by atoms with Crippen LogP contribution in [0.5, 0.6) is 0 Å². The van der Waals surface area contributed by atoms with Crippen LogP contribution < -0.4 is 0 Å². The minimum absolute atomic E-state index is 0.123. The van der Waals surface area contributed by atoms with Crippen LogP contribution in [-0.2, 0) is 0 Å². The fraction of sp³-hybridized carbons (Fsp3) is 0.357. The largest absolute Gasteiger partial charge is 0.382 e. The number of aryl methyl sites for hydroxylation is 1. The molecule has 0 amide bonds. The molecule has 0 aliphatic carbocycles. The van der Waals surface area contributed by atoms with Gasteiger partial charge in [-0.2, -0.15) is 5.10 Å². The van der Waals surface area contributed by atoms with Crippen molar-refractivity contribution in [2.45, 2.75) is 32.9 Å². The van der Waals surface area contributed by atoms with E-state index in [0.29, 0.717) is 21.3 Å². The molecule has 0 saturated carbocycles. The molecule has 0 radical (unpaired) electrons. The number of rotatable bonds is 3. The summed E-state index contributed by atoms with van der Waals surface area (Å²) in [6, 6.07) is 5.61. The second-order valence-electron chi connectivity index (χ2n) is 4.88. The highest BCUT2D eigenvalue weighted by atomic mass is 35.5. The van der Waals surface area contributed by atoms with Gasteiger partial charge in [0.25, 0.3) is 0 Å². The Morgan fingerprint density at radius 3 is 2.47 bits per heavy atom. The zero-order valence-electron chi connectivity index (χ0n) is 11.1. The molecular formula is C14H16Cl2N2O. The molecule has 0 aliphatic heterocycles. The van der Waals surface area contributed by atoms with Gasteiger partial charge in [0, 0.05) is 11.1 Å². The minimum atomic E-state index is -0.838. The fourth-order valence-corrected chi connectivity index (χ4v) is 2.63. The van der Waals surface area contributed by atoms with Crippen LogP contribution >= 0.6 is 23.2 Å². The molecule has 1 atom stereocenters. The van der Waals surface area contributed by atoms with Crippen LogP contribution in [0, 0.1) is 6.92 Å². The van der Waals surface area contributed by atoms with E-state index in [0.717, 1.165) is 5.56 Å². The van der Waals surface area contributed by atoms with Crippen molar-refractivity contribution >= 4 is 23.2 Å². The summed E-state index contributed by atoms with van der Waals surface area (Å²) in [5, 5.41) is 15.8. The predicted molar refractivity (Wildman–Crippen MR) is 77.9 cm³/mol. The molecule has 0 saturated heterocycles. The van der Waals surface area contributed by atoms with Gasteiger partial charge < -0.3 is 5.11 Å². The van der Waals surface area contributed by atoms with Crippen molar-refractivity contribution < 1.29 is 5.11 Å². The molecule has 102 valence electrons. The highest BCUT2D eigenvalue weighted by molar-refractivity contribution is 6.31. The van der Waals surface area contributed by atoms with Gasteiger partial charge in [-0.3, -0.25) is 4.68 Å². The molecule has 2 aromatic rings. The summed E-state index contributed by atoms with van der Waals surface area (Å²) >= 11 is 12.2. The standard InChI is InChI=1S/C14H16Cl2N2O/c1-8(2)18-13(12(16)7-17-18)14(19)10-4-9(3)5-11(15)6-10/h4-8,14,19H,1-3H3. The number of hydrogen-bond donors (Lipinski definition) is 1. The maximum Gasteiger partial charge on any atom is 0.122 e. The number of benzene rings is 1. The van der Waals surface area contributed by atoms with Gasteiger partial charge in [0.15, 0.2) is 0 Å². The third kappa shape index (κ3) is 2.94. The molecule has 0 bridgehead atoms. The van der Waals surface area contributed by atoms with E-state index in [1.54, 1.807) is 16.9 Å². The lowest BCUT2D eigenvalue weighted by molar-refractivity contribution is 0.205. The lowest BCUT2D eigenvalue weighted by atomic mass is 10.0. The Hall–Kier alpha value is -1.03. The van der Waals surface area contributed by atoms with Gasteiger partial charge in [-0.15, -0.1) is 0 Å². The number of aliphatic hydroxyl groups excluding tert-OH is 1. The minimum Gasteiger partial charge on any atom is -0.382 e. The first kappa shape index (κ1) is 14.4. The molecule has 5 heteroatoms. The monoisotopic (exact) mass is 298 g/mol. The number of aliphatic hydroxyl groups is 1. The average molecular weight is 299 g/mol. The van der Waals surface area contributed by atoms with Gasteiger partial charge in [0.1, 0.15) is 6.10 Å². The highest BCUT2D eigenvalue weighted by Gasteiger charge is 2.21. The van der Waals surface area contributed by atoms with Crippen molar-refractivity contribution in [1.29, 1.82) is 0 Å². The molecule has 1 unspecified atom stereocenters. The Kier molecular flexibility index (Phi) is 4.19. The smallest absolute Gasteiger partial charge is 0.122 e. The lowest BCUT2D eigenvalue weighted by Gasteiger charge is -2.17. The topological polar surface area (TPSA) is 38.1 Å². The highest BCUT2D eigenvalue weighted by Crippen LogP contribution is 2.31. The number of halogens is 2. The molecule has 0 aliphatic rings. The van der Waals surface area contributed by atoms with E-state index in [1.807, 2.05) is 32.9 Å². The van der Waals surface area contributed by atoms with E-state index in [9.17, 15) is 5.11 Å². The first-order chi connectivity index (χ1) is 8.90. The van der Waals surface area contributed by atoms with E-state index in [2.05, 4.69) is 5.10 Å². The van der Waals surface area contributed by atoms with Crippen LogP contribution in [0.25, 0.3) is 0 Å². The molecular weight excluding hydrogens is 283 g/mol. The summed E-state index contributed by atoms with van der Waals surface area (Å²) in [6.45, 7) is 5.91. The zero-order valence-corrected chi connectivity index (χ0v) is 12.6. The Morgan fingerprint density at radius 1 is 1.21 bits per heavy atom. The average Bonchev–Trinajstić information content (AvgIpc) is 2.69. The van der Waals surface area contributed by atoms with E-state index in [1.165, 1.54) is 0 Å². The third-order valence-corrected chi connectivity index (χ3v) is 3.42. The third-order valence-electron chi connectivity index (χ3n) is 2.92. The summed E-state index contributed by atoms with van der Waals surface area (Å²) < 4.78 is 1.73. The quantitative estimate of drug-likeness (QED) is 0.924. The maximum atomic E-state index is 10.5. The second kappa shape index (κ2) is 5.53. The van der Waals surface area contributed by atoms with Crippen molar-refractivity contribution in [3.8, 4) is 0 Å². The van der Waals surface area contributed by atoms with E-state index in [4.69, 9.17) is 23.2 Å². The molecule has 3 nitrogen and oxygen atoms in total. The summed E-state index contributed by atoms with van der Waals surface area (Å²) in [4.78, 5) is 0. The first-order valence-electron chi connectivity index (χ1n) is 6.08. The fourth-order valence-electron chi connectivity index (χ4n) is 2.10. The van der Waals surface area contributed by atoms with Crippen LogP contribution in [-0.4, -0.2) is 14.9 Å². The summed E-state index contributed by atoms with van der Waals surface area (Å²) in [5.74, 6) is 0. The van der Waals surface area contributed by atoms with Crippen molar-refractivity contribution in [3.63, 3.8) is 0 Å². The second-order valence-corrected chi connectivity index (χ2v) is 5.72. The van der Waals surface area contributed by atoms with Crippen LogP contribution in [0.2, 0.25) is 10.0 Å².